The molecule has 0 saturated carbocycles. The van der Waals surface area contributed by atoms with E-state index >= 15 is 0 Å². The zero-order valence-electron chi connectivity index (χ0n) is 13.2. The number of nitrogens with one attached hydrogen (secondary N) is 1. The number of aliphatic carboxylic acids is 1. The average Bonchev–Trinajstić information content (AvgIpc) is 2.51. The fourth-order valence-electron chi connectivity index (χ4n) is 2.08. The summed E-state index contributed by atoms with van der Waals surface area (Å²) < 4.78 is 10.4. The monoisotopic (exact) mass is 309 g/mol. The van der Waals surface area contributed by atoms with E-state index < -0.39 is 18.0 Å². The van der Waals surface area contributed by atoms with Crippen LogP contribution in [0.4, 0.5) is 0 Å². The normalized spacial score (nSPS) is 13.2. The minimum absolute atomic E-state index is 0.0453. The summed E-state index contributed by atoms with van der Waals surface area (Å²) in [5, 5.41) is 12.0. The Hall–Kier alpha value is -2.08. The molecule has 0 aliphatic carbocycles. The summed E-state index contributed by atoms with van der Waals surface area (Å²) in [6, 6.07) is 7.25. The Morgan fingerprint density at radius 3 is 2.59 bits per heavy atom. The quantitative estimate of drug-likeness (QED) is 0.722. The molecule has 0 aromatic heterocycles. The molecule has 1 aromatic rings. The van der Waals surface area contributed by atoms with Crippen LogP contribution in [-0.2, 0) is 20.7 Å². The van der Waals surface area contributed by atoms with E-state index in [0.29, 0.717) is 12.4 Å². The van der Waals surface area contributed by atoms with Crippen LogP contribution in [0.1, 0.15) is 19.4 Å². The number of methoxy groups -OCH3 is 1. The first-order valence-corrected chi connectivity index (χ1v) is 7.23. The predicted octanol–water partition coefficient (Wildman–Crippen LogP) is 1.48. The molecule has 0 saturated heterocycles. The van der Waals surface area contributed by atoms with E-state index in [1.807, 2.05) is 18.2 Å². The van der Waals surface area contributed by atoms with Crippen molar-refractivity contribution in [1.82, 2.24) is 5.32 Å². The zero-order chi connectivity index (χ0) is 16.5. The molecule has 0 aliphatic heterocycles. The van der Waals surface area contributed by atoms with Gasteiger partial charge in [-0.05, 0) is 31.9 Å². The fourth-order valence-corrected chi connectivity index (χ4v) is 2.08. The van der Waals surface area contributed by atoms with Crippen LogP contribution in [0.5, 0.6) is 5.75 Å². The number of hydrogen-bond acceptors (Lipinski definition) is 4. The van der Waals surface area contributed by atoms with E-state index in [9.17, 15) is 14.7 Å². The maximum Gasteiger partial charge on any atom is 0.308 e. The molecule has 1 rings (SSSR count). The minimum atomic E-state index is -0.963. The number of benzene rings is 1. The van der Waals surface area contributed by atoms with Gasteiger partial charge in [0.15, 0.2) is 0 Å². The van der Waals surface area contributed by atoms with Crippen molar-refractivity contribution in [1.29, 1.82) is 0 Å². The highest BCUT2D eigenvalue weighted by molar-refractivity contribution is 5.81. The Bertz CT molecular complexity index is 503. The molecular formula is C16H23NO5. The Balaban J connectivity index is 2.67. The zero-order valence-corrected chi connectivity index (χ0v) is 13.2. The van der Waals surface area contributed by atoms with Crippen molar-refractivity contribution in [3.05, 3.63) is 29.8 Å². The highest BCUT2D eigenvalue weighted by Gasteiger charge is 2.22. The van der Waals surface area contributed by atoms with Crippen LogP contribution in [0.2, 0.25) is 0 Å². The Morgan fingerprint density at radius 2 is 2.00 bits per heavy atom. The number of para-hydroxylation sites is 1. The summed E-state index contributed by atoms with van der Waals surface area (Å²) in [5.41, 5.74) is 0.796. The van der Waals surface area contributed by atoms with Gasteiger partial charge in [0.1, 0.15) is 11.9 Å². The van der Waals surface area contributed by atoms with E-state index in [1.54, 1.807) is 27.0 Å². The summed E-state index contributed by atoms with van der Waals surface area (Å²) in [4.78, 5) is 23.2. The average molecular weight is 309 g/mol. The molecule has 0 heterocycles. The Morgan fingerprint density at radius 1 is 1.32 bits per heavy atom. The highest BCUT2D eigenvalue weighted by atomic mass is 16.5. The van der Waals surface area contributed by atoms with Crippen LogP contribution < -0.4 is 10.1 Å². The van der Waals surface area contributed by atoms with Crippen LogP contribution in [-0.4, -0.2) is 43.3 Å². The van der Waals surface area contributed by atoms with Gasteiger partial charge in [0.2, 0.25) is 5.91 Å². The van der Waals surface area contributed by atoms with Crippen LogP contribution in [0.25, 0.3) is 0 Å². The van der Waals surface area contributed by atoms with E-state index in [-0.39, 0.29) is 18.9 Å². The second kappa shape index (κ2) is 9.04. The summed E-state index contributed by atoms with van der Waals surface area (Å²) >= 11 is 0. The molecule has 0 fully saturated rings. The first-order chi connectivity index (χ1) is 10.5. The number of ether oxygens (including phenoxy) is 2. The maximum absolute atomic E-state index is 11.8. The van der Waals surface area contributed by atoms with Crippen LogP contribution >= 0.6 is 0 Å². The van der Waals surface area contributed by atoms with Gasteiger partial charge >= 0.3 is 5.97 Å². The Kier molecular flexibility index (Phi) is 7.39. The van der Waals surface area contributed by atoms with Gasteiger partial charge < -0.3 is 19.9 Å². The van der Waals surface area contributed by atoms with Crippen molar-refractivity contribution in [2.24, 2.45) is 5.92 Å². The number of carboxylic acids is 1. The molecule has 6 heteroatoms. The lowest BCUT2D eigenvalue weighted by atomic mass is 9.98. The molecule has 0 spiro atoms. The molecule has 0 radical (unpaired) electrons. The number of carbonyl (C=O) groups excluding carboxylic acids is 1. The van der Waals surface area contributed by atoms with Crippen LogP contribution in [0.3, 0.4) is 0 Å². The lowest BCUT2D eigenvalue weighted by Crippen LogP contribution is -2.39. The van der Waals surface area contributed by atoms with Crippen molar-refractivity contribution in [2.45, 2.75) is 26.4 Å². The first kappa shape index (κ1) is 18.0. The standard InChI is InChI=1S/C16H23NO5/c1-4-22-11(2)15(18)17-10-13(16(19)20)9-12-7-5-6-8-14(12)21-3/h5-8,11,13H,4,9-10H2,1-3H3,(H,17,18)(H,19,20). The Labute approximate surface area is 130 Å². The molecule has 0 bridgehead atoms. The summed E-state index contributed by atoms with van der Waals surface area (Å²) in [7, 11) is 1.54. The predicted molar refractivity (Wildman–Crippen MR) is 81.9 cm³/mol. The fraction of sp³-hybridized carbons (Fsp3) is 0.500. The highest BCUT2D eigenvalue weighted by Crippen LogP contribution is 2.21. The van der Waals surface area contributed by atoms with Gasteiger partial charge in [-0.2, -0.15) is 0 Å². The number of rotatable bonds is 9. The van der Waals surface area contributed by atoms with E-state index in [2.05, 4.69) is 5.32 Å². The molecule has 1 amide bonds. The summed E-state index contributed by atoms with van der Waals surface area (Å²) in [6.07, 6.45) is -0.312. The molecule has 2 unspecified atom stereocenters. The number of carbonyl (C=O) groups is 2. The van der Waals surface area contributed by atoms with Gasteiger partial charge in [-0.1, -0.05) is 18.2 Å². The van der Waals surface area contributed by atoms with Crippen molar-refractivity contribution in [2.75, 3.05) is 20.3 Å². The van der Waals surface area contributed by atoms with Crippen molar-refractivity contribution >= 4 is 11.9 Å². The third-order valence-corrected chi connectivity index (χ3v) is 3.32. The van der Waals surface area contributed by atoms with Gasteiger partial charge in [-0.15, -0.1) is 0 Å². The minimum Gasteiger partial charge on any atom is -0.496 e. The molecule has 2 N–H and O–H groups in total. The number of hydrogen-bond donors (Lipinski definition) is 2. The molecule has 1 aromatic carbocycles. The topological polar surface area (TPSA) is 84.9 Å². The van der Waals surface area contributed by atoms with Gasteiger partial charge in [0.25, 0.3) is 0 Å². The molecule has 22 heavy (non-hydrogen) atoms. The molecule has 122 valence electrons. The third-order valence-electron chi connectivity index (χ3n) is 3.32. The van der Waals surface area contributed by atoms with Crippen molar-refractivity contribution < 1.29 is 24.2 Å². The van der Waals surface area contributed by atoms with Crippen LogP contribution in [0.15, 0.2) is 24.3 Å². The van der Waals surface area contributed by atoms with Gasteiger partial charge in [-0.25, -0.2) is 0 Å². The van der Waals surface area contributed by atoms with Gasteiger partial charge in [0, 0.05) is 13.2 Å². The second-order valence-electron chi connectivity index (χ2n) is 4.89. The second-order valence-corrected chi connectivity index (χ2v) is 4.89. The first-order valence-electron chi connectivity index (χ1n) is 7.23. The SMILES string of the molecule is CCOC(C)C(=O)NCC(Cc1ccccc1OC)C(=O)O. The summed E-state index contributed by atoms with van der Waals surface area (Å²) in [5.74, 6) is -1.36. The molecule has 2 atom stereocenters. The third kappa shape index (κ3) is 5.37. The van der Waals surface area contributed by atoms with E-state index in [4.69, 9.17) is 9.47 Å². The van der Waals surface area contributed by atoms with E-state index in [0.717, 1.165) is 5.56 Å². The largest absolute Gasteiger partial charge is 0.496 e. The van der Waals surface area contributed by atoms with Gasteiger partial charge in [-0.3, -0.25) is 9.59 Å². The van der Waals surface area contributed by atoms with Gasteiger partial charge in [0.05, 0.1) is 13.0 Å². The van der Waals surface area contributed by atoms with Crippen molar-refractivity contribution in [3.63, 3.8) is 0 Å². The maximum atomic E-state index is 11.8. The summed E-state index contributed by atoms with van der Waals surface area (Å²) in [6.45, 7) is 3.90. The lowest BCUT2D eigenvalue weighted by molar-refractivity contribution is -0.142. The number of amides is 1. The molecule has 6 nitrogen and oxygen atoms in total. The lowest BCUT2D eigenvalue weighted by Gasteiger charge is -2.17. The smallest absolute Gasteiger partial charge is 0.308 e. The van der Waals surface area contributed by atoms with E-state index in [1.165, 1.54) is 0 Å². The van der Waals surface area contributed by atoms with Crippen LogP contribution in [0, 0.1) is 5.92 Å². The molecular weight excluding hydrogens is 286 g/mol. The number of carboxylic acid groups (broad SMARTS) is 1. The molecule has 0 aliphatic rings. The van der Waals surface area contributed by atoms with Crippen molar-refractivity contribution in [3.8, 4) is 5.75 Å².